The molecular formula is C26H26N4O4S. The molecule has 0 saturated heterocycles. The molecule has 4 rings (SSSR count). The van der Waals surface area contributed by atoms with Crippen molar-refractivity contribution in [1.82, 2.24) is 14.9 Å². The summed E-state index contributed by atoms with van der Waals surface area (Å²) in [6.07, 6.45) is 3.57. The van der Waals surface area contributed by atoms with Crippen molar-refractivity contribution in [2.45, 2.75) is 18.4 Å². The molecule has 4 aromatic rings. The summed E-state index contributed by atoms with van der Waals surface area (Å²) < 4.78 is 35.1. The van der Waals surface area contributed by atoms with Crippen LogP contribution in [0.3, 0.4) is 0 Å². The highest BCUT2D eigenvalue weighted by Crippen LogP contribution is 2.25. The number of ether oxygens (including phenoxy) is 1. The molecule has 1 aromatic heterocycles. The molecule has 0 saturated carbocycles. The van der Waals surface area contributed by atoms with E-state index in [4.69, 9.17) is 4.74 Å². The fourth-order valence-corrected chi connectivity index (χ4v) is 5.13. The standard InChI is InChI=1S/C26H26N4O4S/c1-20-27-16-17-29(20)25-11-7-6-8-21(25)18-28-26(31)19-30(22-12-14-23(34-2)15-13-22)35(32,33)24-9-4-3-5-10-24/h3-17H,18-19H2,1-2H3,(H,28,31). The van der Waals surface area contributed by atoms with Gasteiger partial charge in [-0.05, 0) is 55.0 Å². The lowest BCUT2D eigenvalue weighted by atomic mass is 10.1. The lowest BCUT2D eigenvalue weighted by Crippen LogP contribution is -2.40. The minimum absolute atomic E-state index is 0.101. The Bertz CT molecular complexity index is 1400. The van der Waals surface area contributed by atoms with Crippen LogP contribution >= 0.6 is 0 Å². The lowest BCUT2D eigenvalue weighted by Gasteiger charge is -2.24. The highest BCUT2D eigenvalue weighted by atomic mass is 32.2. The summed E-state index contributed by atoms with van der Waals surface area (Å²) in [5, 5.41) is 2.86. The number of benzene rings is 3. The topological polar surface area (TPSA) is 93.5 Å². The predicted molar refractivity (Wildman–Crippen MR) is 134 cm³/mol. The van der Waals surface area contributed by atoms with Gasteiger partial charge in [0.1, 0.15) is 18.1 Å². The number of amides is 1. The Kier molecular flexibility index (Phi) is 7.17. The van der Waals surface area contributed by atoms with Gasteiger partial charge in [-0.25, -0.2) is 13.4 Å². The molecule has 8 nitrogen and oxygen atoms in total. The number of sulfonamides is 1. The third-order valence-electron chi connectivity index (χ3n) is 5.53. The third kappa shape index (κ3) is 5.36. The molecule has 1 heterocycles. The monoisotopic (exact) mass is 490 g/mol. The molecular weight excluding hydrogens is 464 g/mol. The number of nitrogens with zero attached hydrogens (tertiary/aromatic N) is 3. The first kappa shape index (κ1) is 24.0. The van der Waals surface area contributed by atoms with E-state index in [0.717, 1.165) is 21.4 Å². The summed E-state index contributed by atoms with van der Waals surface area (Å²) in [7, 11) is -2.45. The van der Waals surface area contributed by atoms with Gasteiger partial charge < -0.3 is 14.6 Å². The van der Waals surface area contributed by atoms with Crippen LogP contribution in [-0.2, 0) is 21.4 Å². The van der Waals surface area contributed by atoms with Gasteiger partial charge in [-0.3, -0.25) is 9.10 Å². The second-order valence-corrected chi connectivity index (χ2v) is 9.63. The Morgan fingerprint density at radius 1 is 1.00 bits per heavy atom. The predicted octanol–water partition coefficient (Wildman–Crippen LogP) is 3.70. The molecule has 1 N–H and O–H groups in total. The van der Waals surface area contributed by atoms with Crippen LogP contribution in [0.15, 0.2) is 96.2 Å². The Hall–Kier alpha value is -4.11. The maximum Gasteiger partial charge on any atom is 0.264 e. The zero-order chi connectivity index (χ0) is 24.8. The normalized spacial score (nSPS) is 11.1. The molecule has 180 valence electrons. The van der Waals surface area contributed by atoms with E-state index in [1.807, 2.05) is 42.0 Å². The smallest absolute Gasteiger partial charge is 0.264 e. The zero-order valence-electron chi connectivity index (χ0n) is 19.5. The van der Waals surface area contributed by atoms with E-state index >= 15 is 0 Å². The first-order chi connectivity index (χ1) is 16.9. The average molecular weight is 491 g/mol. The fourth-order valence-electron chi connectivity index (χ4n) is 3.69. The molecule has 0 fully saturated rings. The molecule has 0 aliphatic carbocycles. The van der Waals surface area contributed by atoms with E-state index in [1.54, 1.807) is 48.7 Å². The SMILES string of the molecule is COc1ccc(N(CC(=O)NCc2ccccc2-n2ccnc2C)S(=O)(=O)c2ccccc2)cc1. The number of methoxy groups -OCH3 is 1. The van der Waals surface area contributed by atoms with Gasteiger partial charge in [0, 0.05) is 18.9 Å². The van der Waals surface area contributed by atoms with Crippen LogP contribution in [-0.4, -0.2) is 37.5 Å². The van der Waals surface area contributed by atoms with Gasteiger partial charge in [0.05, 0.1) is 23.4 Å². The molecule has 1 amide bonds. The number of anilines is 1. The molecule has 0 atom stereocenters. The molecule has 0 aliphatic heterocycles. The van der Waals surface area contributed by atoms with Crippen molar-refractivity contribution in [3.05, 3.63) is 103 Å². The number of carbonyl (C=O) groups excluding carboxylic acids is 1. The number of carbonyl (C=O) groups is 1. The van der Waals surface area contributed by atoms with E-state index in [0.29, 0.717) is 11.4 Å². The fraction of sp³-hybridized carbons (Fsp3) is 0.154. The average Bonchev–Trinajstić information content (AvgIpc) is 3.32. The lowest BCUT2D eigenvalue weighted by molar-refractivity contribution is -0.119. The number of hydrogen-bond acceptors (Lipinski definition) is 5. The number of imidazole rings is 1. The van der Waals surface area contributed by atoms with Crippen LogP contribution in [0.5, 0.6) is 5.75 Å². The summed E-state index contributed by atoms with van der Waals surface area (Å²) >= 11 is 0. The Morgan fingerprint density at radius 2 is 1.69 bits per heavy atom. The summed E-state index contributed by atoms with van der Waals surface area (Å²) in [6.45, 7) is 1.75. The molecule has 3 aromatic carbocycles. The van der Waals surface area contributed by atoms with Crippen LogP contribution in [0.2, 0.25) is 0 Å². The zero-order valence-corrected chi connectivity index (χ0v) is 20.3. The number of nitrogens with one attached hydrogen (secondary N) is 1. The van der Waals surface area contributed by atoms with Crippen molar-refractivity contribution < 1.29 is 17.9 Å². The number of aromatic nitrogens is 2. The van der Waals surface area contributed by atoms with Crippen molar-refractivity contribution >= 4 is 21.6 Å². The second-order valence-electron chi connectivity index (χ2n) is 7.77. The highest BCUT2D eigenvalue weighted by molar-refractivity contribution is 7.92. The second kappa shape index (κ2) is 10.4. The highest BCUT2D eigenvalue weighted by Gasteiger charge is 2.27. The quantitative estimate of drug-likeness (QED) is 0.386. The molecule has 0 unspecified atom stereocenters. The van der Waals surface area contributed by atoms with Gasteiger partial charge >= 0.3 is 0 Å². The van der Waals surface area contributed by atoms with Crippen molar-refractivity contribution in [2.75, 3.05) is 18.0 Å². The van der Waals surface area contributed by atoms with Gasteiger partial charge in [-0.1, -0.05) is 36.4 Å². The summed E-state index contributed by atoms with van der Waals surface area (Å²) in [4.78, 5) is 17.4. The van der Waals surface area contributed by atoms with Crippen molar-refractivity contribution in [3.63, 3.8) is 0 Å². The molecule has 0 spiro atoms. The summed E-state index contributed by atoms with van der Waals surface area (Å²) in [5.41, 5.74) is 2.13. The van der Waals surface area contributed by atoms with Crippen molar-refractivity contribution in [2.24, 2.45) is 0 Å². The molecule has 35 heavy (non-hydrogen) atoms. The van der Waals surface area contributed by atoms with Gasteiger partial charge in [0.2, 0.25) is 5.91 Å². The van der Waals surface area contributed by atoms with Gasteiger partial charge in [-0.2, -0.15) is 0 Å². The molecule has 9 heteroatoms. The van der Waals surface area contributed by atoms with Gasteiger partial charge in [-0.15, -0.1) is 0 Å². The van der Waals surface area contributed by atoms with Gasteiger partial charge in [0.15, 0.2) is 0 Å². The number of hydrogen-bond donors (Lipinski definition) is 1. The number of rotatable bonds is 9. The van der Waals surface area contributed by atoms with Crippen LogP contribution < -0.4 is 14.4 Å². The van der Waals surface area contributed by atoms with E-state index in [2.05, 4.69) is 10.3 Å². The van der Waals surface area contributed by atoms with E-state index < -0.39 is 15.9 Å². The van der Waals surface area contributed by atoms with Crippen molar-refractivity contribution in [3.8, 4) is 11.4 Å². The molecule has 0 radical (unpaired) electrons. The number of aryl methyl sites for hydroxylation is 1. The van der Waals surface area contributed by atoms with Crippen LogP contribution in [0, 0.1) is 6.92 Å². The van der Waals surface area contributed by atoms with Crippen LogP contribution in [0.25, 0.3) is 5.69 Å². The molecule has 0 aliphatic rings. The maximum atomic E-state index is 13.4. The van der Waals surface area contributed by atoms with E-state index in [1.165, 1.54) is 19.2 Å². The van der Waals surface area contributed by atoms with E-state index in [-0.39, 0.29) is 18.0 Å². The largest absolute Gasteiger partial charge is 0.497 e. The summed E-state index contributed by atoms with van der Waals surface area (Å²) in [6, 6.07) is 22.3. The van der Waals surface area contributed by atoms with Crippen LogP contribution in [0.4, 0.5) is 5.69 Å². The maximum absolute atomic E-state index is 13.4. The Labute approximate surface area is 204 Å². The Balaban J connectivity index is 1.57. The minimum atomic E-state index is -3.98. The first-order valence-electron chi connectivity index (χ1n) is 11.0. The number of para-hydroxylation sites is 1. The van der Waals surface area contributed by atoms with Gasteiger partial charge in [0.25, 0.3) is 10.0 Å². The summed E-state index contributed by atoms with van der Waals surface area (Å²) in [5.74, 6) is 0.975. The minimum Gasteiger partial charge on any atom is -0.497 e. The van der Waals surface area contributed by atoms with Crippen LogP contribution in [0.1, 0.15) is 11.4 Å². The molecule has 0 bridgehead atoms. The third-order valence-corrected chi connectivity index (χ3v) is 7.32. The van der Waals surface area contributed by atoms with Crippen molar-refractivity contribution in [1.29, 1.82) is 0 Å². The Morgan fingerprint density at radius 3 is 2.34 bits per heavy atom. The first-order valence-corrected chi connectivity index (χ1v) is 12.4. The van der Waals surface area contributed by atoms with E-state index in [9.17, 15) is 13.2 Å².